The summed E-state index contributed by atoms with van der Waals surface area (Å²) in [6, 6.07) is 0. The molecule has 105 heavy (non-hydrogen) atoms. The van der Waals surface area contributed by atoms with Crippen LogP contribution in [0.15, 0.2) is 0 Å². The third kappa shape index (κ3) is 78.5. The molecule has 0 rings (SSSR count). The molecule has 0 aromatic rings. The molecule has 0 aromatic heterocycles. The second-order valence-corrected chi connectivity index (χ2v) is 35.0. The van der Waals surface area contributed by atoms with Gasteiger partial charge in [0.25, 0.3) is 0 Å². The van der Waals surface area contributed by atoms with Gasteiger partial charge in [-0.1, -0.05) is 402 Å². The van der Waals surface area contributed by atoms with Gasteiger partial charge in [0.1, 0.15) is 19.3 Å². The number of carbonyl (C=O) groups is 4. The molecular formula is C86H168O17P2. The van der Waals surface area contributed by atoms with Crippen LogP contribution in [0.25, 0.3) is 0 Å². The minimum atomic E-state index is -4.97. The van der Waals surface area contributed by atoms with Gasteiger partial charge in [0, 0.05) is 25.7 Å². The third-order valence-electron chi connectivity index (χ3n) is 20.5. The second-order valence-electron chi connectivity index (χ2n) is 32.1. The number of rotatable bonds is 84. The summed E-state index contributed by atoms with van der Waals surface area (Å²) in [5.74, 6) is 0.353. The maximum Gasteiger partial charge on any atom is 0.472 e. The van der Waals surface area contributed by atoms with Crippen molar-refractivity contribution in [3.63, 3.8) is 0 Å². The Morgan fingerprint density at radius 1 is 0.276 bits per heavy atom. The van der Waals surface area contributed by atoms with Gasteiger partial charge in [-0.05, 0) is 43.4 Å². The maximum atomic E-state index is 13.1. The zero-order valence-corrected chi connectivity index (χ0v) is 71.0. The molecule has 0 bridgehead atoms. The van der Waals surface area contributed by atoms with E-state index in [-0.39, 0.29) is 25.7 Å². The molecule has 0 heterocycles. The molecule has 0 aromatic carbocycles. The topological polar surface area (TPSA) is 237 Å². The highest BCUT2D eigenvalue weighted by Crippen LogP contribution is 2.45. The molecule has 0 aliphatic rings. The van der Waals surface area contributed by atoms with E-state index in [9.17, 15) is 43.2 Å². The Bertz CT molecular complexity index is 2030. The zero-order valence-electron chi connectivity index (χ0n) is 69.2. The van der Waals surface area contributed by atoms with Gasteiger partial charge in [0.2, 0.25) is 0 Å². The first-order chi connectivity index (χ1) is 50.8. The summed E-state index contributed by atoms with van der Waals surface area (Å²) in [4.78, 5) is 73.2. The molecular weight excluding hydrogens is 1370 g/mol. The molecule has 3 N–H and O–H groups in total. The lowest BCUT2D eigenvalue weighted by molar-refractivity contribution is -0.161. The van der Waals surface area contributed by atoms with Crippen molar-refractivity contribution in [2.24, 2.45) is 17.8 Å². The van der Waals surface area contributed by atoms with Crippen LogP contribution >= 0.6 is 15.6 Å². The molecule has 3 unspecified atom stereocenters. The van der Waals surface area contributed by atoms with Crippen LogP contribution in [0.2, 0.25) is 0 Å². The summed E-state index contributed by atoms with van der Waals surface area (Å²) in [7, 11) is -9.93. The van der Waals surface area contributed by atoms with Crippen LogP contribution in [0.5, 0.6) is 0 Å². The monoisotopic (exact) mass is 1540 g/mol. The van der Waals surface area contributed by atoms with Gasteiger partial charge >= 0.3 is 39.5 Å². The summed E-state index contributed by atoms with van der Waals surface area (Å²) >= 11 is 0. The van der Waals surface area contributed by atoms with E-state index >= 15 is 0 Å². The van der Waals surface area contributed by atoms with Crippen LogP contribution in [-0.2, 0) is 65.4 Å². The highest BCUT2D eigenvalue weighted by molar-refractivity contribution is 7.47. The minimum absolute atomic E-state index is 0.107. The molecule has 0 fully saturated rings. The van der Waals surface area contributed by atoms with E-state index in [1.165, 1.54) is 263 Å². The number of hydrogen-bond acceptors (Lipinski definition) is 15. The number of aliphatic hydroxyl groups is 1. The predicted octanol–water partition coefficient (Wildman–Crippen LogP) is 26.1. The Balaban J connectivity index is 5.22. The molecule has 0 spiro atoms. The first kappa shape index (κ1) is 103. The first-order valence-electron chi connectivity index (χ1n) is 44.4. The van der Waals surface area contributed by atoms with Crippen molar-refractivity contribution in [3.05, 3.63) is 0 Å². The van der Waals surface area contributed by atoms with Gasteiger partial charge in [-0.2, -0.15) is 0 Å². The molecule has 624 valence electrons. The highest BCUT2D eigenvalue weighted by Gasteiger charge is 2.30. The van der Waals surface area contributed by atoms with Gasteiger partial charge in [-0.3, -0.25) is 37.3 Å². The van der Waals surface area contributed by atoms with Gasteiger partial charge in [0.15, 0.2) is 12.2 Å². The zero-order chi connectivity index (χ0) is 77.2. The third-order valence-corrected chi connectivity index (χ3v) is 22.4. The highest BCUT2D eigenvalue weighted by atomic mass is 31.2. The van der Waals surface area contributed by atoms with Gasteiger partial charge in [-0.25, -0.2) is 9.13 Å². The smallest absolute Gasteiger partial charge is 0.462 e. The average molecular weight is 1540 g/mol. The average Bonchev–Trinajstić information content (AvgIpc) is 0.907. The van der Waals surface area contributed by atoms with E-state index in [0.717, 1.165) is 108 Å². The van der Waals surface area contributed by atoms with Crippen LogP contribution < -0.4 is 0 Å². The number of phosphoric acid groups is 2. The molecule has 0 aliphatic heterocycles. The Morgan fingerprint density at radius 2 is 0.486 bits per heavy atom. The fourth-order valence-corrected chi connectivity index (χ4v) is 14.9. The predicted molar refractivity (Wildman–Crippen MR) is 432 cm³/mol. The van der Waals surface area contributed by atoms with E-state index < -0.39 is 97.5 Å². The number of aliphatic hydroxyl groups excluding tert-OH is 1. The van der Waals surface area contributed by atoms with Crippen molar-refractivity contribution in [3.8, 4) is 0 Å². The summed E-state index contributed by atoms with van der Waals surface area (Å²) < 4.78 is 68.9. The van der Waals surface area contributed by atoms with Crippen LogP contribution in [0.3, 0.4) is 0 Å². The fourth-order valence-electron chi connectivity index (χ4n) is 13.3. The Morgan fingerprint density at radius 3 is 0.724 bits per heavy atom. The normalized spacial score (nSPS) is 14.1. The van der Waals surface area contributed by atoms with Gasteiger partial charge < -0.3 is 33.8 Å². The van der Waals surface area contributed by atoms with E-state index in [1.807, 2.05) is 0 Å². The minimum Gasteiger partial charge on any atom is -0.462 e. The van der Waals surface area contributed by atoms with Crippen LogP contribution in [0.4, 0.5) is 0 Å². The van der Waals surface area contributed by atoms with E-state index in [4.69, 9.17) is 37.0 Å². The Hall–Kier alpha value is -1.94. The quantitative estimate of drug-likeness (QED) is 0.0222. The summed E-state index contributed by atoms with van der Waals surface area (Å²) in [5, 5.41) is 10.7. The number of phosphoric ester groups is 2. The van der Waals surface area contributed by atoms with Crippen LogP contribution in [0, 0.1) is 17.8 Å². The number of hydrogen-bond donors (Lipinski definition) is 3. The first-order valence-corrected chi connectivity index (χ1v) is 47.4. The molecule has 0 saturated heterocycles. The molecule has 0 aliphatic carbocycles. The largest absolute Gasteiger partial charge is 0.472 e. The summed E-state index contributed by atoms with van der Waals surface area (Å²) in [6.07, 6.45) is 66.5. The van der Waals surface area contributed by atoms with Crippen molar-refractivity contribution >= 4 is 39.5 Å². The number of carbonyl (C=O) groups excluding carboxylic acids is 4. The van der Waals surface area contributed by atoms with Crippen LogP contribution in [0.1, 0.15) is 453 Å². The van der Waals surface area contributed by atoms with Crippen molar-refractivity contribution in [2.75, 3.05) is 39.6 Å². The molecule has 0 saturated carbocycles. The van der Waals surface area contributed by atoms with Crippen LogP contribution in [-0.4, -0.2) is 96.7 Å². The maximum absolute atomic E-state index is 13.1. The van der Waals surface area contributed by atoms with E-state index in [2.05, 4.69) is 48.5 Å². The molecule has 19 heteroatoms. The molecule has 0 radical (unpaired) electrons. The van der Waals surface area contributed by atoms with E-state index in [0.29, 0.717) is 25.7 Å². The standard InChI is InChI=1S/C86H168O17P2/c1-8-10-11-12-13-14-39-46-53-60-67-83(88)96-73-81(102-86(91)70-63-56-49-42-35-29-23-25-31-37-44-51-58-65-78(5)6)75-100-104(92,93)98-71-80(87)72-99-105(94,95)101-76-82(74-97-84(89)68-61-54-47-40-33-27-22-21-24-30-36-43-50-57-64-77(3)4)103-85(90)69-62-55-48-41-34-28-20-18-16-15-17-19-26-32-38-45-52-59-66-79(7)9-2/h77-82,87H,8-76H2,1-7H3,(H,92,93)(H,94,95)/t79?,80-,81+,82+/m0/s1. The van der Waals surface area contributed by atoms with Crippen molar-refractivity contribution in [2.45, 2.75) is 471 Å². The van der Waals surface area contributed by atoms with E-state index in [1.54, 1.807) is 0 Å². The fraction of sp³-hybridized carbons (Fsp3) is 0.953. The number of esters is 4. The van der Waals surface area contributed by atoms with Crippen molar-refractivity contribution < 1.29 is 80.2 Å². The summed E-state index contributed by atoms with van der Waals surface area (Å²) in [6.45, 7) is 12.1. The lowest BCUT2D eigenvalue weighted by atomic mass is 9.99. The Labute approximate surface area is 645 Å². The lowest BCUT2D eigenvalue weighted by Gasteiger charge is -2.21. The summed E-state index contributed by atoms with van der Waals surface area (Å²) in [5.41, 5.74) is 0. The number of unbranched alkanes of at least 4 members (excludes halogenated alkanes) is 51. The van der Waals surface area contributed by atoms with Gasteiger partial charge in [-0.15, -0.1) is 0 Å². The number of ether oxygens (including phenoxy) is 4. The second kappa shape index (κ2) is 76.1. The van der Waals surface area contributed by atoms with Gasteiger partial charge in [0.05, 0.1) is 26.4 Å². The van der Waals surface area contributed by atoms with Crippen molar-refractivity contribution in [1.82, 2.24) is 0 Å². The SMILES string of the molecule is CCCCCCCCCCCCC(=O)OC[C@H](COP(=O)(O)OC[C@H](O)COP(=O)(O)OC[C@@H](COC(=O)CCCCCCCCCCCCCCCCC(C)C)OC(=O)CCCCCCCCCCCCCCCCCCCCC(C)CC)OC(=O)CCCCCCCCCCCCCCCC(C)C. The van der Waals surface area contributed by atoms with Crippen molar-refractivity contribution in [1.29, 1.82) is 0 Å². The molecule has 0 amide bonds. The molecule has 6 atom stereocenters. The Kier molecular flexibility index (Phi) is 74.7. The molecule has 17 nitrogen and oxygen atoms in total. The lowest BCUT2D eigenvalue weighted by Crippen LogP contribution is -2.30.